The molecule has 1 amide bonds. The van der Waals surface area contributed by atoms with E-state index in [2.05, 4.69) is 0 Å². The van der Waals surface area contributed by atoms with Crippen molar-refractivity contribution in [1.82, 2.24) is 4.90 Å². The third kappa shape index (κ3) is 1.50. The van der Waals surface area contributed by atoms with Crippen LogP contribution < -0.4 is 0 Å². The first-order chi connectivity index (χ1) is 6.33. The Hall–Kier alpha value is -0.770. The Morgan fingerprint density at radius 1 is 1.54 bits per heavy atom. The number of carbonyl (C=O) groups is 1. The van der Waals surface area contributed by atoms with Gasteiger partial charge in [-0.05, 0) is 12.8 Å². The maximum Gasteiger partial charge on any atom is 0.410 e. The summed E-state index contributed by atoms with van der Waals surface area (Å²) < 4.78 is 4.88. The number of carbonyl (C=O) groups excluding carboxylic acids is 1. The second kappa shape index (κ2) is 3.54. The van der Waals surface area contributed by atoms with E-state index in [1.807, 2.05) is 0 Å². The molecular formula is C9H15NO3. The van der Waals surface area contributed by atoms with Crippen LogP contribution >= 0.6 is 0 Å². The SMILES string of the molecule is O=C1OCCN1[C@H]1CCC[C@H]1CO. The van der Waals surface area contributed by atoms with Crippen LogP contribution in [0.3, 0.4) is 0 Å². The topological polar surface area (TPSA) is 49.8 Å². The van der Waals surface area contributed by atoms with Gasteiger partial charge in [-0.25, -0.2) is 4.79 Å². The number of amides is 1. The molecule has 1 N–H and O–H groups in total. The predicted molar refractivity (Wildman–Crippen MR) is 46.3 cm³/mol. The fourth-order valence-corrected chi connectivity index (χ4v) is 2.35. The zero-order valence-electron chi connectivity index (χ0n) is 7.61. The molecule has 74 valence electrons. The fourth-order valence-electron chi connectivity index (χ4n) is 2.35. The summed E-state index contributed by atoms with van der Waals surface area (Å²) in [6.45, 7) is 1.39. The predicted octanol–water partition coefficient (Wildman–Crippen LogP) is 0.600. The Labute approximate surface area is 77.5 Å². The number of cyclic esters (lactones) is 1. The highest BCUT2D eigenvalue weighted by Gasteiger charge is 2.37. The van der Waals surface area contributed by atoms with Gasteiger partial charge in [-0.15, -0.1) is 0 Å². The Kier molecular flexibility index (Phi) is 2.40. The number of nitrogens with zero attached hydrogens (tertiary/aromatic N) is 1. The van der Waals surface area contributed by atoms with Gasteiger partial charge >= 0.3 is 6.09 Å². The van der Waals surface area contributed by atoms with Gasteiger partial charge in [0, 0.05) is 18.6 Å². The summed E-state index contributed by atoms with van der Waals surface area (Å²) >= 11 is 0. The van der Waals surface area contributed by atoms with Gasteiger partial charge in [0.15, 0.2) is 0 Å². The van der Waals surface area contributed by atoms with Gasteiger partial charge in [0.05, 0.1) is 6.54 Å². The van der Waals surface area contributed by atoms with E-state index in [1.165, 1.54) is 0 Å². The van der Waals surface area contributed by atoms with Gasteiger partial charge in [0.1, 0.15) is 6.61 Å². The first-order valence-corrected chi connectivity index (χ1v) is 4.87. The van der Waals surface area contributed by atoms with Crippen LogP contribution in [-0.2, 0) is 4.74 Å². The van der Waals surface area contributed by atoms with Crippen LogP contribution in [0.2, 0.25) is 0 Å². The summed E-state index contributed by atoms with van der Waals surface area (Å²) in [7, 11) is 0. The lowest BCUT2D eigenvalue weighted by Gasteiger charge is -2.25. The van der Waals surface area contributed by atoms with Crippen LogP contribution in [0.4, 0.5) is 4.79 Å². The van der Waals surface area contributed by atoms with Crippen molar-refractivity contribution in [3.8, 4) is 0 Å². The molecule has 1 aliphatic carbocycles. The van der Waals surface area contributed by atoms with E-state index >= 15 is 0 Å². The quantitative estimate of drug-likeness (QED) is 0.685. The van der Waals surface area contributed by atoms with Crippen molar-refractivity contribution < 1.29 is 14.6 Å². The lowest BCUT2D eigenvalue weighted by molar-refractivity contribution is 0.123. The van der Waals surface area contributed by atoms with Crippen LogP contribution in [0.15, 0.2) is 0 Å². The van der Waals surface area contributed by atoms with Crippen molar-refractivity contribution in [2.75, 3.05) is 19.8 Å². The maximum absolute atomic E-state index is 11.2. The summed E-state index contributed by atoms with van der Waals surface area (Å²) in [6, 6.07) is 0.222. The third-order valence-electron chi connectivity index (χ3n) is 3.05. The smallest absolute Gasteiger partial charge is 0.410 e. The van der Waals surface area contributed by atoms with Gasteiger partial charge in [-0.2, -0.15) is 0 Å². The maximum atomic E-state index is 11.2. The summed E-state index contributed by atoms with van der Waals surface area (Å²) in [5.41, 5.74) is 0. The van der Waals surface area contributed by atoms with E-state index in [4.69, 9.17) is 9.84 Å². The van der Waals surface area contributed by atoms with Gasteiger partial charge in [0.25, 0.3) is 0 Å². The van der Waals surface area contributed by atoms with Gasteiger partial charge in [0.2, 0.25) is 0 Å². The monoisotopic (exact) mass is 185 g/mol. The highest BCUT2D eigenvalue weighted by atomic mass is 16.6. The molecule has 1 aliphatic heterocycles. The van der Waals surface area contributed by atoms with E-state index < -0.39 is 0 Å². The van der Waals surface area contributed by atoms with Crippen LogP contribution in [-0.4, -0.2) is 41.9 Å². The van der Waals surface area contributed by atoms with Crippen molar-refractivity contribution in [2.45, 2.75) is 25.3 Å². The molecule has 0 radical (unpaired) electrons. The van der Waals surface area contributed by atoms with Crippen LogP contribution in [0.5, 0.6) is 0 Å². The van der Waals surface area contributed by atoms with Crippen LogP contribution in [0.1, 0.15) is 19.3 Å². The number of aliphatic hydroxyl groups is 1. The Morgan fingerprint density at radius 3 is 3.00 bits per heavy atom. The van der Waals surface area contributed by atoms with Crippen molar-refractivity contribution in [1.29, 1.82) is 0 Å². The summed E-state index contributed by atoms with van der Waals surface area (Å²) in [5.74, 6) is 0.269. The first kappa shape index (κ1) is 8.81. The molecule has 0 bridgehead atoms. The summed E-state index contributed by atoms with van der Waals surface area (Å²) in [5, 5.41) is 9.10. The molecule has 0 aromatic heterocycles. The van der Waals surface area contributed by atoms with Gasteiger partial charge in [-0.1, -0.05) is 6.42 Å². The molecule has 13 heavy (non-hydrogen) atoms. The van der Waals surface area contributed by atoms with E-state index in [0.717, 1.165) is 19.3 Å². The van der Waals surface area contributed by atoms with Crippen LogP contribution in [0.25, 0.3) is 0 Å². The summed E-state index contributed by atoms with van der Waals surface area (Å²) in [6.07, 6.45) is 2.95. The molecule has 2 fully saturated rings. The lowest BCUT2D eigenvalue weighted by Crippen LogP contribution is -2.39. The average molecular weight is 185 g/mol. The number of aliphatic hydroxyl groups excluding tert-OH is 1. The molecule has 0 aromatic rings. The Morgan fingerprint density at radius 2 is 2.38 bits per heavy atom. The van der Waals surface area contributed by atoms with Crippen molar-refractivity contribution in [3.05, 3.63) is 0 Å². The van der Waals surface area contributed by atoms with Gasteiger partial charge < -0.3 is 14.7 Å². The molecule has 2 atom stereocenters. The number of rotatable bonds is 2. The fraction of sp³-hybridized carbons (Fsp3) is 0.889. The molecule has 1 heterocycles. The molecule has 0 aromatic carbocycles. The van der Waals surface area contributed by atoms with E-state index in [9.17, 15) is 4.79 Å². The average Bonchev–Trinajstić information content (AvgIpc) is 2.71. The van der Waals surface area contributed by atoms with Gasteiger partial charge in [-0.3, -0.25) is 0 Å². The molecule has 1 saturated carbocycles. The zero-order chi connectivity index (χ0) is 9.26. The minimum absolute atomic E-state index is 0.189. The molecule has 2 aliphatic rings. The van der Waals surface area contributed by atoms with Crippen molar-refractivity contribution in [3.63, 3.8) is 0 Å². The minimum Gasteiger partial charge on any atom is -0.448 e. The molecule has 4 heteroatoms. The number of hydrogen-bond acceptors (Lipinski definition) is 3. The standard InChI is InChI=1S/C9H15NO3/c11-6-7-2-1-3-8(7)10-4-5-13-9(10)12/h7-8,11H,1-6H2/t7-,8-/m0/s1. The number of ether oxygens (including phenoxy) is 1. The molecule has 0 spiro atoms. The van der Waals surface area contributed by atoms with E-state index in [1.54, 1.807) is 4.90 Å². The number of hydrogen-bond donors (Lipinski definition) is 1. The molecule has 1 saturated heterocycles. The second-order valence-electron chi connectivity index (χ2n) is 3.75. The minimum atomic E-state index is -0.203. The molecule has 2 rings (SSSR count). The van der Waals surface area contributed by atoms with E-state index in [0.29, 0.717) is 13.2 Å². The molecular weight excluding hydrogens is 170 g/mol. The first-order valence-electron chi connectivity index (χ1n) is 4.87. The Bertz CT molecular complexity index is 207. The molecule has 4 nitrogen and oxygen atoms in total. The van der Waals surface area contributed by atoms with Crippen molar-refractivity contribution >= 4 is 6.09 Å². The zero-order valence-corrected chi connectivity index (χ0v) is 7.61. The Balaban J connectivity index is 2.02. The third-order valence-corrected chi connectivity index (χ3v) is 3.05. The summed E-state index contributed by atoms with van der Waals surface area (Å²) in [4.78, 5) is 13.0. The van der Waals surface area contributed by atoms with Crippen molar-refractivity contribution in [2.24, 2.45) is 5.92 Å². The largest absolute Gasteiger partial charge is 0.448 e. The highest BCUT2D eigenvalue weighted by molar-refractivity contribution is 5.69. The molecule has 0 unspecified atom stereocenters. The lowest BCUT2D eigenvalue weighted by atomic mass is 10.0. The highest BCUT2D eigenvalue weighted by Crippen LogP contribution is 2.30. The van der Waals surface area contributed by atoms with E-state index in [-0.39, 0.29) is 24.7 Å². The normalized spacial score (nSPS) is 33.9. The second-order valence-corrected chi connectivity index (χ2v) is 3.75. The van der Waals surface area contributed by atoms with Crippen LogP contribution in [0, 0.1) is 5.92 Å².